The summed E-state index contributed by atoms with van der Waals surface area (Å²) < 4.78 is 34.5. The van der Waals surface area contributed by atoms with Gasteiger partial charge in [0.2, 0.25) is 5.96 Å². The number of anilines is 3. The molecule has 0 radical (unpaired) electrons. The fourth-order valence-electron chi connectivity index (χ4n) is 4.68. The number of nitrogens with zero attached hydrogens (tertiary/aromatic N) is 6. The topological polar surface area (TPSA) is 131 Å². The van der Waals surface area contributed by atoms with Gasteiger partial charge in [0.05, 0.1) is 30.9 Å². The molecule has 1 saturated heterocycles. The molecular formula is C31H33F2N9O2. The standard InChI is InChI=1S/C31H33F2N9O2/c1-4-20-6-7-21(30(43)38-24-10-22(28(32)33)11-25(13-24)42-15-19(3)37-18-42)12-26(20)40-29-27(14-34-17-36-29)41-31(35-5-2)39-23-8-9-44-16-23/h5-7,10-15,17-18,23,28H,4,8-9,16H2,1-3H3,(H,38,43)(H,39,41)(H,34,36,40)/b35-5-. The molecule has 2 aromatic carbocycles. The maximum absolute atomic E-state index is 13.7. The highest BCUT2D eigenvalue weighted by atomic mass is 19.3. The minimum absolute atomic E-state index is 0.0990. The molecule has 11 nitrogen and oxygen atoms in total. The van der Waals surface area contributed by atoms with E-state index in [2.05, 4.69) is 40.9 Å². The lowest BCUT2D eigenvalue weighted by atomic mass is 10.1. The quantitative estimate of drug-likeness (QED) is 0.160. The van der Waals surface area contributed by atoms with Gasteiger partial charge in [0.15, 0.2) is 5.82 Å². The molecule has 3 N–H and O–H groups in total. The van der Waals surface area contributed by atoms with Crippen molar-refractivity contribution in [2.24, 2.45) is 9.98 Å². The molecule has 1 atom stereocenters. The maximum Gasteiger partial charge on any atom is 0.264 e. The first-order valence-corrected chi connectivity index (χ1v) is 14.2. The molecule has 2 aromatic heterocycles. The molecule has 1 aliphatic heterocycles. The van der Waals surface area contributed by atoms with E-state index < -0.39 is 12.3 Å². The van der Waals surface area contributed by atoms with Crippen LogP contribution < -0.4 is 16.0 Å². The molecule has 44 heavy (non-hydrogen) atoms. The summed E-state index contributed by atoms with van der Waals surface area (Å²) in [5.74, 6) is 0.366. The Morgan fingerprint density at radius 1 is 1.23 bits per heavy atom. The van der Waals surface area contributed by atoms with Crippen LogP contribution in [-0.4, -0.2) is 56.9 Å². The Morgan fingerprint density at radius 2 is 2.09 bits per heavy atom. The van der Waals surface area contributed by atoms with E-state index in [0.717, 1.165) is 17.7 Å². The summed E-state index contributed by atoms with van der Waals surface area (Å²) in [6.07, 6.45) is 6.68. The molecule has 3 heterocycles. The van der Waals surface area contributed by atoms with E-state index in [9.17, 15) is 13.6 Å². The summed E-state index contributed by atoms with van der Waals surface area (Å²) in [7, 11) is 0. The fourth-order valence-corrected chi connectivity index (χ4v) is 4.68. The molecule has 1 aliphatic rings. The number of hydrogen-bond donors (Lipinski definition) is 3. The number of guanidine groups is 1. The van der Waals surface area contributed by atoms with Crippen molar-refractivity contribution in [3.05, 3.63) is 83.8 Å². The van der Waals surface area contributed by atoms with E-state index in [1.807, 2.05) is 13.0 Å². The van der Waals surface area contributed by atoms with Gasteiger partial charge in [-0.2, -0.15) is 0 Å². The van der Waals surface area contributed by atoms with Crippen molar-refractivity contribution in [3.8, 4) is 5.69 Å². The van der Waals surface area contributed by atoms with Gasteiger partial charge in [-0.25, -0.2) is 33.7 Å². The van der Waals surface area contributed by atoms with Crippen molar-refractivity contribution in [2.45, 2.75) is 46.1 Å². The molecule has 0 saturated carbocycles. The van der Waals surface area contributed by atoms with E-state index in [1.54, 1.807) is 55.2 Å². The summed E-state index contributed by atoms with van der Waals surface area (Å²) in [5.41, 5.74) is 3.56. The second-order valence-electron chi connectivity index (χ2n) is 10.1. The molecule has 5 rings (SSSR count). The van der Waals surface area contributed by atoms with Gasteiger partial charge in [-0.3, -0.25) is 4.79 Å². The van der Waals surface area contributed by atoms with Crippen molar-refractivity contribution >= 4 is 41.0 Å². The van der Waals surface area contributed by atoms with Gasteiger partial charge < -0.3 is 25.3 Å². The third-order valence-corrected chi connectivity index (χ3v) is 6.90. The van der Waals surface area contributed by atoms with Crippen LogP contribution in [0.25, 0.3) is 5.69 Å². The van der Waals surface area contributed by atoms with Crippen LogP contribution in [-0.2, 0) is 11.2 Å². The number of amides is 1. The second-order valence-corrected chi connectivity index (χ2v) is 10.1. The number of benzene rings is 2. The predicted molar refractivity (Wildman–Crippen MR) is 166 cm³/mol. The largest absolute Gasteiger partial charge is 0.379 e. The monoisotopic (exact) mass is 601 g/mol. The van der Waals surface area contributed by atoms with E-state index in [1.165, 1.54) is 24.8 Å². The molecule has 1 amide bonds. The molecule has 1 fully saturated rings. The highest BCUT2D eigenvalue weighted by Crippen LogP contribution is 2.30. The Kier molecular flexibility index (Phi) is 9.65. The number of alkyl halides is 2. The van der Waals surface area contributed by atoms with Crippen molar-refractivity contribution in [3.63, 3.8) is 0 Å². The van der Waals surface area contributed by atoms with E-state index in [-0.39, 0.29) is 17.3 Å². The molecule has 4 aromatic rings. The number of nitrogens with one attached hydrogen (secondary N) is 3. The van der Waals surface area contributed by atoms with Crippen molar-refractivity contribution < 1.29 is 18.3 Å². The van der Waals surface area contributed by atoms with E-state index in [4.69, 9.17) is 4.74 Å². The van der Waals surface area contributed by atoms with E-state index >= 15 is 0 Å². The van der Waals surface area contributed by atoms with Crippen LogP contribution in [0.2, 0.25) is 0 Å². The normalized spacial score (nSPS) is 15.2. The number of ether oxygens (including phenoxy) is 1. The number of carbonyl (C=O) groups is 1. The summed E-state index contributed by atoms with van der Waals surface area (Å²) in [4.78, 5) is 35.1. The van der Waals surface area contributed by atoms with Gasteiger partial charge in [0.1, 0.15) is 12.0 Å². The fraction of sp³-hybridized carbons (Fsp3) is 0.290. The molecule has 228 valence electrons. The van der Waals surface area contributed by atoms with Crippen molar-refractivity contribution in [2.75, 3.05) is 23.8 Å². The number of imidazole rings is 1. The average Bonchev–Trinajstić information content (AvgIpc) is 3.70. The highest BCUT2D eigenvalue weighted by molar-refractivity contribution is 6.05. The van der Waals surface area contributed by atoms with Crippen molar-refractivity contribution in [1.29, 1.82) is 0 Å². The summed E-state index contributed by atoms with van der Waals surface area (Å²) in [6.45, 7) is 6.85. The zero-order chi connectivity index (χ0) is 31.1. The first-order chi connectivity index (χ1) is 21.3. The minimum Gasteiger partial charge on any atom is -0.379 e. The van der Waals surface area contributed by atoms with E-state index in [0.29, 0.717) is 54.0 Å². The van der Waals surface area contributed by atoms with Crippen LogP contribution in [0.1, 0.15) is 53.9 Å². The average molecular weight is 602 g/mol. The maximum atomic E-state index is 13.7. The SMILES string of the molecule is C/C=N\C(=N/c1cncnc1Nc1cc(C(=O)Nc2cc(C(F)F)cc(-n3cnc(C)c3)c2)ccc1CC)NC1CCOC1. The zero-order valence-electron chi connectivity index (χ0n) is 24.6. The van der Waals surface area contributed by atoms with Gasteiger partial charge in [0, 0.05) is 47.2 Å². The Balaban J connectivity index is 1.41. The molecular weight excluding hydrogens is 568 g/mol. The Bertz CT molecular complexity index is 1680. The Hall–Kier alpha value is -5.04. The lowest BCUT2D eigenvalue weighted by Gasteiger charge is -2.15. The Labute approximate surface area is 253 Å². The number of hydrogen-bond acceptors (Lipinski definition) is 7. The van der Waals surface area contributed by atoms with Crippen LogP contribution in [0.5, 0.6) is 0 Å². The number of carbonyl (C=O) groups excluding carboxylic acids is 1. The lowest BCUT2D eigenvalue weighted by molar-refractivity contribution is 0.102. The molecule has 1 unspecified atom stereocenters. The summed E-state index contributed by atoms with van der Waals surface area (Å²) in [5, 5.41) is 9.36. The number of aryl methyl sites for hydroxylation is 2. The molecule has 0 spiro atoms. The first-order valence-electron chi connectivity index (χ1n) is 14.2. The molecule has 0 bridgehead atoms. The second kappa shape index (κ2) is 14.0. The predicted octanol–water partition coefficient (Wildman–Crippen LogP) is 5.92. The van der Waals surface area contributed by atoms with Gasteiger partial charge in [-0.1, -0.05) is 13.0 Å². The summed E-state index contributed by atoms with van der Waals surface area (Å²) in [6, 6.07) is 9.58. The van der Waals surface area contributed by atoms with Crippen LogP contribution in [0.15, 0.2) is 71.4 Å². The van der Waals surface area contributed by atoms with Crippen molar-refractivity contribution in [1.82, 2.24) is 24.8 Å². The first kappa shape index (κ1) is 30.4. The van der Waals surface area contributed by atoms with Crippen LogP contribution in [0.3, 0.4) is 0 Å². The van der Waals surface area contributed by atoms with Gasteiger partial charge in [-0.05, 0) is 62.6 Å². The van der Waals surface area contributed by atoms with Gasteiger partial charge >= 0.3 is 0 Å². The highest BCUT2D eigenvalue weighted by Gasteiger charge is 2.18. The molecule has 0 aliphatic carbocycles. The van der Waals surface area contributed by atoms with Gasteiger partial charge in [0.25, 0.3) is 12.3 Å². The third-order valence-electron chi connectivity index (χ3n) is 6.90. The zero-order valence-corrected chi connectivity index (χ0v) is 24.6. The third kappa shape index (κ3) is 7.48. The number of aromatic nitrogens is 4. The smallest absolute Gasteiger partial charge is 0.264 e. The minimum atomic E-state index is -2.72. The van der Waals surface area contributed by atoms with Crippen LogP contribution in [0.4, 0.5) is 31.7 Å². The summed E-state index contributed by atoms with van der Waals surface area (Å²) >= 11 is 0. The number of aliphatic imine (C=N–C) groups is 2. The number of halogens is 2. The molecule has 13 heteroatoms. The van der Waals surface area contributed by atoms with Crippen LogP contribution in [0, 0.1) is 6.92 Å². The Morgan fingerprint density at radius 3 is 2.80 bits per heavy atom. The number of rotatable bonds is 9. The van der Waals surface area contributed by atoms with Crippen LogP contribution >= 0.6 is 0 Å². The lowest BCUT2D eigenvalue weighted by Crippen LogP contribution is -2.34. The van der Waals surface area contributed by atoms with Gasteiger partial charge in [-0.15, -0.1) is 0 Å².